The molecule has 6 heteroatoms. The molecule has 1 amide bonds. The van der Waals surface area contributed by atoms with Gasteiger partial charge in [-0.05, 0) is 37.4 Å². The summed E-state index contributed by atoms with van der Waals surface area (Å²) in [5.74, 6) is 1.06. The molecular weight excluding hydrogens is 342 g/mol. The monoisotopic (exact) mass is 369 g/mol. The van der Waals surface area contributed by atoms with Gasteiger partial charge in [-0.25, -0.2) is 0 Å². The van der Waals surface area contributed by atoms with E-state index in [1.54, 1.807) is 12.3 Å². The third kappa shape index (κ3) is 4.98. The van der Waals surface area contributed by atoms with E-state index in [-0.39, 0.29) is 11.7 Å². The van der Waals surface area contributed by atoms with Crippen molar-refractivity contribution < 1.29 is 14.3 Å². The van der Waals surface area contributed by atoms with Gasteiger partial charge in [0.2, 0.25) is 0 Å². The summed E-state index contributed by atoms with van der Waals surface area (Å²) in [6.07, 6.45) is 3.77. The minimum Gasteiger partial charge on any atom is -0.492 e. The molecule has 0 saturated heterocycles. The maximum atomic E-state index is 12.6. The highest BCUT2D eigenvalue weighted by molar-refractivity contribution is 6.13. The van der Waals surface area contributed by atoms with Crippen LogP contribution in [-0.4, -0.2) is 36.4 Å². The summed E-state index contributed by atoms with van der Waals surface area (Å²) in [5.41, 5.74) is 2.47. The number of Topliss-reactive ketones (excluding diaryl/α,β-unsaturated/α-hetero) is 1. The summed E-state index contributed by atoms with van der Waals surface area (Å²) in [6, 6.07) is 7.30. The summed E-state index contributed by atoms with van der Waals surface area (Å²) in [4.78, 5) is 27.9. The van der Waals surface area contributed by atoms with E-state index >= 15 is 0 Å². The number of rotatable bonds is 8. The van der Waals surface area contributed by atoms with E-state index in [0.717, 1.165) is 31.6 Å². The molecule has 0 saturated carbocycles. The Bertz CT molecular complexity index is 811. The summed E-state index contributed by atoms with van der Waals surface area (Å²) >= 11 is 0. The molecular formula is C21H27N3O3. The van der Waals surface area contributed by atoms with Gasteiger partial charge in [0, 0.05) is 36.6 Å². The fourth-order valence-electron chi connectivity index (χ4n) is 3.21. The van der Waals surface area contributed by atoms with E-state index in [4.69, 9.17) is 4.74 Å². The van der Waals surface area contributed by atoms with Crippen LogP contribution in [-0.2, 0) is 6.42 Å². The number of H-pyrrole nitrogens is 1. The first-order valence-corrected chi connectivity index (χ1v) is 9.53. The van der Waals surface area contributed by atoms with Crippen LogP contribution in [0.1, 0.15) is 53.1 Å². The van der Waals surface area contributed by atoms with Crippen molar-refractivity contribution in [2.24, 2.45) is 5.92 Å². The second-order valence-corrected chi connectivity index (χ2v) is 7.26. The van der Waals surface area contributed by atoms with Gasteiger partial charge in [-0.3, -0.25) is 9.59 Å². The Labute approximate surface area is 159 Å². The second-order valence-electron chi connectivity index (χ2n) is 7.26. The van der Waals surface area contributed by atoms with E-state index in [0.29, 0.717) is 41.5 Å². The van der Waals surface area contributed by atoms with E-state index in [1.807, 2.05) is 18.2 Å². The molecule has 0 aliphatic heterocycles. The molecule has 144 valence electrons. The SMILES string of the molecule is CC(C)CNCCOc1cccc(NC(=O)c2c[nH]c3c2C(=O)CCC3)c1. The Morgan fingerprint density at radius 1 is 1.30 bits per heavy atom. The minimum atomic E-state index is -0.279. The molecule has 0 unspecified atom stereocenters. The van der Waals surface area contributed by atoms with E-state index in [9.17, 15) is 9.59 Å². The first-order chi connectivity index (χ1) is 13.0. The highest BCUT2D eigenvalue weighted by atomic mass is 16.5. The van der Waals surface area contributed by atoms with Gasteiger partial charge in [0.25, 0.3) is 5.91 Å². The lowest BCUT2D eigenvalue weighted by molar-refractivity contribution is 0.0956. The molecule has 3 N–H and O–H groups in total. The van der Waals surface area contributed by atoms with Gasteiger partial charge in [0.1, 0.15) is 12.4 Å². The molecule has 0 atom stereocenters. The number of ketones is 1. The number of carbonyl (C=O) groups is 2. The second kappa shape index (κ2) is 8.86. The van der Waals surface area contributed by atoms with E-state index in [2.05, 4.69) is 29.5 Å². The standard InChI is InChI=1S/C21H27N3O3/c1-14(2)12-22-9-10-27-16-6-3-5-15(11-16)24-21(26)17-13-23-18-7-4-8-19(25)20(17)18/h3,5-6,11,13-14,22-23H,4,7-10,12H2,1-2H3,(H,24,26). The van der Waals surface area contributed by atoms with Crippen LogP contribution in [0.5, 0.6) is 5.75 Å². The van der Waals surface area contributed by atoms with Crippen molar-refractivity contribution in [3.63, 3.8) is 0 Å². The lowest BCUT2D eigenvalue weighted by Gasteiger charge is -2.12. The number of aromatic amines is 1. The maximum absolute atomic E-state index is 12.6. The summed E-state index contributed by atoms with van der Waals surface area (Å²) in [6.45, 7) is 6.61. The van der Waals surface area contributed by atoms with Crippen molar-refractivity contribution in [3.8, 4) is 5.75 Å². The zero-order chi connectivity index (χ0) is 19.2. The van der Waals surface area contributed by atoms with Crippen molar-refractivity contribution in [1.29, 1.82) is 0 Å². The molecule has 3 rings (SSSR count). The number of ether oxygens (including phenoxy) is 1. The Morgan fingerprint density at radius 3 is 2.96 bits per heavy atom. The number of fused-ring (bicyclic) bond motifs is 1. The Hall–Kier alpha value is -2.60. The number of hydrogen-bond donors (Lipinski definition) is 3. The van der Waals surface area contributed by atoms with Gasteiger partial charge in [0.15, 0.2) is 5.78 Å². The predicted molar refractivity (Wildman–Crippen MR) is 106 cm³/mol. The fraction of sp³-hybridized carbons (Fsp3) is 0.429. The van der Waals surface area contributed by atoms with Crippen molar-refractivity contribution >= 4 is 17.4 Å². The molecule has 0 spiro atoms. The summed E-state index contributed by atoms with van der Waals surface area (Å²) in [7, 11) is 0. The molecule has 6 nitrogen and oxygen atoms in total. The molecule has 2 aromatic rings. The number of anilines is 1. The smallest absolute Gasteiger partial charge is 0.257 e. The molecule has 1 aliphatic rings. The van der Waals surface area contributed by atoms with Crippen LogP contribution in [0, 0.1) is 5.92 Å². The predicted octanol–water partition coefficient (Wildman–Crippen LogP) is 3.41. The third-order valence-corrected chi connectivity index (χ3v) is 4.51. The van der Waals surface area contributed by atoms with Gasteiger partial charge in [0.05, 0.1) is 11.1 Å². The topological polar surface area (TPSA) is 83.2 Å². The first-order valence-electron chi connectivity index (χ1n) is 9.53. The van der Waals surface area contributed by atoms with Crippen molar-refractivity contribution in [1.82, 2.24) is 10.3 Å². The molecule has 1 aromatic heterocycles. The van der Waals surface area contributed by atoms with Crippen LogP contribution in [0.2, 0.25) is 0 Å². The highest BCUT2D eigenvalue weighted by Gasteiger charge is 2.25. The summed E-state index contributed by atoms with van der Waals surface area (Å²) < 4.78 is 5.73. The van der Waals surface area contributed by atoms with Crippen molar-refractivity contribution in [3.05, 3.63) is 47.3 Å². The normalized spacial score (nSPS) is 13.5. The summed E-state index contributed by atoms with van der Waals surface area (Å²) in [5, 5.41) is 6.19. The van der Waals surface area contributed by atoms with Gasteiger partial charge in [-0.2, -0.15) is 0 Å². The number of nitrogens with one attached hydrogen (secondary N) is 3. The lowest BCUT2D eigenvalue weighted by atomic mass is 9.93. The third-order valence-electron chi connectivity index (χ3n) is 4.51. The zero-order valence-electron chi connectivity index (χ0n) is 15.9. The highest BCUT2D eigenvalue weighted by Crippen LogP contribution is 2.25. The average Bonchev–Trinajstić information content (AvgIpc) is 3.07. The Kier molecular flexibility index (Phi) is 6.29. The van der Waals surface area contributed by atoms with Crippen LogP contribution in [0.25, 0.3) is 0 Å². The number of amides is 1. The van der Waals surface area contributed by atoms with Crippen molar-refractivity contribution in [2.45, 2.75) is 33.1 Å². The number of aryl methyl sites for hydroxylation is 1. The van der Waals surface area contributed by atoms with Gasteiger partial charge < -0.3 is 20.4 Å². The van der Waals surface area contributed by atoms with Crippen molar-refractivity contribution in [2.75, 3.05) is 25.0 Å². The molecule has 27 heavy (non-hydrogen) atoms. The minimum absolute atomic E-state index is 0.0358. The maximum Gasteiger partial charge on any atom is 0.257 e. The number of carbonyl (C=O) groups excluding carboxylic acids is 2. The quantitative estimate of drug-likeness (QED) is 0.623. The molecule has 1 aliphatic carbocycles. The molecule has 1 heterocycles. The lowest BCUT2D eigenvalue weighted by Crippen LogP contribution is -2.24. The van der Waals surface area contributed by atoms with Crippen LogP contribution in [0.3, 0.4) is 0 Å². The number of benzene rings is 1. The Morgan fingerprint density at radius 2 is 2.15 bits per heavy atom. The largest absolute Gasteiger partial charge is 0.492 e. The van der Waals surface area contributed by atoms with E-state index < -0.39 is 0 Å². The number of aromatic nitrogens is 1. The molecule has 1 aromatic carbocycles. The number of hydrogen-bond acceptors (Lipinski definition) is 4. The van der Waals surface area contributed by atoms with Crippen LogP contribution in [0.4, 0.5) is 5.69 Å². The van der Waals surface area contributed by atoms with E-state index in [1.165, 1.54) is 0 Å². The molecule has 0 radical (unpaired) electrons. The van der Waals surface area contributed by atoms with Crippen LogP contribution in [0.15, 0.2) is 30.5 Å². The van der Waals surface area contributed by atoms with Gasteiger partial charge in [-0.15, -0.1) is 0 Å². The Balaban J connectivity index is 1.59. The molecule has 0 fully saturated rings. The van der Waals surface area contributed by atoms with Gasteiger partial charge in [-0.1, -0.05) is 19.9 Å². The zero-order valence-corrected chi connectivity index (χ0v) is 15.9. The van der Waals surface area contributed by atoms with Gasteiger partial charge >= 0.3 is 0 Å². The fourth-order valence-corrected chi connectivity index (χ4v) is 3.21. The first kappa shape index (κ1) is 19.2. The molecule has 0 bridgehead atoms. The van der Waals surface area contributed by atoms with Crippen LogP contribution < -0.4 is 15.4 Å². The average molecular weight is 369 g/mol. The van der Waals surface area contributed by atoms with Crippen LogP contribution >= 0.6 is 0 Å².